The number of carbonyl (C=O) groups excluding carboxylic acids is 3. The molecule has 1 saturated heterocycles. The Hall–Kier alpha value is -2.87. The molecule has 0 aliphatic carbocycles. The first kappa shape index (κ1) is 19.9. The zero-order chi connectivity index (χ0) is 20.1. The Morgan fingerprint density at radius 3 is 2.36 bits per heavy atom. The van der Waals surface area contributed by atoms with Crippen molar-refractivity contribution in [2.45, 2.75) is 6.92 Å². The summed E-state index contributed by atoms with van der Waals surface area (Å²) in [6.45, 7) is 3.80. The zero-order valence-electron chi connectivity index (χ0n) is 16.0. The molecule has 3 rings (SSSR count). The van der Waals surface area contributed by atoms with Crippen molar-refractivity contribution in [2.75, 3.05) is 44.7 Å². The number of thiophene rings is 1. The van der Waals surface area contributed by atoms with Crippen LogP contribution in [0.15, 0.2) is 41.8 Å². The van der Waals surface area contributed by atoms with Crippen molar-refractivity contribution in [1.82, 2.24) is 9.80 Å². The highest BCUT2D eigenvalue weighted by molar-refractivity contribution is 7.12. The zero-order valence-corrected chi connectivity index (χ0v) is 16.8. The smallest absolute Gasteiger partial charge is 0.409 e. The van der Waals surface area contributed by atoms with Gasteiger partial charge in [-0.05, 0) is 30.5 Å². The van der Waals surface area contributed by atoms with Gasteiger partial charge in [-0.15, -0.1) is 11.3 Å². The van der Waals surface area contributed by atoms with E-state index in [1.165, 1.54) is 16.2 Å². The predicted octanol–water partition coefficient (Wildman–Crippen LogP) is 2.94. The average Bonchev–Trinajstić information content (AvgIpc) is 3.27. The largest absolute Gasteiger partial charge is 0.450 e. The molecule has 0 atom stereocenters. The van der Waals surface area contributed by atoms with Crippen LogP contribution in [0.25, 0.3) is 0 Å². The Labute approximate surface area is 168 Å². The van der Waals surface area contributed by atoms with E-state index in [4.69, 9.17) is 4.74 Å². The van der Waals surface area contributed by atoms with Gasteiger partial charge in [0.05, 0.1) is 22.7 Å². The lowest BCUT2D eigenvalue weighted by atomic mass is 10.1. The van der Waals surface area contributed by atoms with E-state index >= 15 is 0 Å². The molecule has 28 heavy (non-hydrogen) atoms. The summed E-state index contributed by atoms with van der Waals surface area (Å²) in [6.07, 6.45) is -0.351. The number of nitrogens with zero attached hydrogens (tertiary/aromatic N) is 3. The maximum atomic E-state index is 13.1. The number of carbonyl (C=O) groups is 3. The van der Waals surface area contributed by atoms with Gasteiger partial charge in [-0.3, -0.25) is 9.59 Å². The Balaban J connectivity index is 1.73. The van der Waals surface area contributed by atoms with Crippen LogP contribution in [0, 0.1) is 0 Å². The molecule has 2 aromatic rings. The third kappa shape index (κ3) is 4.17. The number of hydrogen-bond donors (Lipinski definition) is 0. The summed E-state index contributed by atoms with van der Waals surface area (Å²) < 4.78 is 5.01. The van der Waals surface area contributed by atoms with Crippen LogP contribution < -0.4 is 4.90 Å². The summed E-state index contributed by atoms with van der Waals surface area (Å²) >= 11 is 1.37. The number of anilines is 1. The molecule has 148 valence electrons. The van der Waals surface area contributed by atoms with Crippen molar-refractivity contribution >= 4 is 34.9 Å². The molecule has 0 unspecified atom stereocenters. The Morgan fingerprint density at radius 2 is 1.71 bits per heavy atom. The van der Waals surface area contributed by atoms with Gasteiger partial charge >= 0.3 is 6.09 Å². The monoisotopic (exact) mass is 401 g/mol. The number of ether oxygens (including phenoxy) is 1. The molecule has 1 aromatic carbocycles. The summed E-state index contributed by atoms with van der Waals surface area (Å²) in [4.78, 5) is 43.1. The normalized spacial score (nSPS) is 13.9. The number of hydrogen-bond acceptors (Lipinski definition) is 5. The topological polar surface area (TPSA) is 70.2 Å². The van der Waals surface area contributed by atoms with Crippen molar-refractivity contribution in [3.63, 3.8) is 0 Å². The van der Waals surface area contributed by atoms with Crippen molar-refractivity contribution in [3.05, 3.63) is 52.2 Å². The molecule has 2 heterocycles. The molecule has 0 N–H and O–H groups in total. The average molecular weight is 401 g/mol. The quantitative estimate of drug-likeness (QED) is 0.790. The predicted molar refractivity (Wildman–Crippen MR) is 108 cm³/mol. The van der Waals surface area contributed by atoms with Crippen LogP contribution in [0.4, 0.5) is 10.5 Å². The van der Waals surface area contributed by atoms with E-state index in [2.05, 4.69) is 0 Å². The van der Waals surface area contributed by atoms with Crippen molar-refractivity contribution in [3.8, 4) is 0 Å². The minimum Gasteiger partial charge on any atom is -0.450 e. The van der Waals surface area contributed by atoms with Crippen LogP contribution in [-0.4, -0.2) is 67.5 Å². The van der Waals surface area contributed by atoms with Crippen LogP contribution in [0.3, 0.4) is 0 Å². The molecular weight excluding hydrogens is 378 g/mol. The number of piperazine rings is 1. The molecule has 8 heteroatoms. The molecule has 0 bridgehead atoms. The van der Waals surface area contributed by atoms with Crippen LogP contribution >= 0.6 is 11.3 Å². The maximum absolute atomic E-state index is 13.1. The molecule has 0 radical (unpaired) electrons. The van der Waals surface area contributed by atoms with Crippen molar-refractivity contribution in [2.24, 2.45) is 0 Å². The van der Waals surface area contributed by atoms with E-state index < -0.39 is 0 Å². The van der Waals surface area contributed by atoms with E-state index in [0.717, 1.165) is 0 Å². The van der Waals surface area contributed by atoms with Gasteiger partial charge in [0.25, 0.3) is 11.8 Å². The number of para-hydroxylation sites is 1. The van der Waals surface area contributed by atoms with E-state index in [1.807, 2.05) is 17.5 Å². The number of amides is 3. The highest BCUT2D eigenvalue weighted by Crippen LogP contribution is 2.24. The minimum atomic E-state index is -0.351. The molecule has 0 saturated carbocycles. The van der Waals surface area contributed by atoms with E-state index in [9.17, 15) is 14.4 Å². The van der Waals surface area contributed by atoms with E-state index in [0.29, 0.717) is 48.9 Å². The highest BCUT2D eigenvalue weighted by atomic mass is 32.1. The second kappa shape index (κ2) is 8.88. The van der Waals surface area contributed by atoms with Gasteiger partial charge in [0, 0.05) is 33.2 Å². The third-order valence-corrected chi connectivity index (χ3v) is 5.48. The van der Waals surface area contributed by atoms with E-state index in [-0.39, 0.29) is 17.9 Å². The molecular formula is C20H23N3O4S. The van der Waals surface area contributed by atoms with Gasteiger partial charge in [0.15, 0.2) is 0 Å². The maximum Gasteiger partial charge on any atom is 0.409 e. The molecule has 1 aromatic heterocycles. The standard InChI is InChI=1S/C20H23N3O4S/c1-3-27-20(26)23-12-10-22(11-13-23)18(24)15-7-4-5-8-16(15)21(2)19(25)17-9-6-14-28-17/h4-9,14H,3,10-13H2,1-2H3. The van der Waals surface area contributed by atoms with Gasteiger partial charge in [0.2, 0.25) is 0 Å². The van der Waals surface area contributed by atoms with Crippen molar-refractivity contribution in [1.29, 1.82) is 0 Å². The minimum absolute atomic E-state index is 0.148. The number of rotatable bonds is 4. The van der Waals surface area contributed by atoms with Gasteiger partial charge in [-0.25, -0.2) is 4.79 Å². The molecule has 3 amide bonds. The molecule has 1 fully saturated rings. The van der Waals surface area contributed by atoms with E-state index in [1.54, 1.807) is 48.0 Å². The summed E-state index contributed by atoms with van der Waals surface area (Å²) in [7, 11) is 1.67. The lowest BCUT2D eigenvalue weighted by Crippen LogP contribution is -2.51. The first-order valence-corrected chi connectivity index (χ1v) is 10.0. The van der Waals surface area contributed by atoms with Crippen LogP contribution in [0.2, 0.25) is 0 Å². The molecule has 1 aliphatic rings. The Kier molecular flexibility index (Phi) is 6.30. The van der Waals surface area contributed by atoms with Gasteiger partial charge in [0.1, 0.15) is 0 Å². The van der Waals surface area contributed by atoms with Gasteiger partial charge in [-0.2, -0.15) is 0 Å². The van der Waals surface area contributed by atoms with Gasteiger partial charge < -0.3 is 19.4 Å². The molecule has 7 nitrogen and oxygen atoms in total. The fraction of sp³-hybridized carbons (Fsp3) is 0.350. The Morgan fingerprint density at radius 1 is 1.04 bits per heavy atom. The summed E-state index contributed by atoms with van der Waals surface area (Å²) in [6, 6.07) is 10.7. The summed E-state index contributed by atoms with van der Waals surface area (Å²) in [5.41, 5.74) is 1.04. The molecule has 0 spiro atoms. The van der Waals surface area contributed by atoms with Gasteiger partial charge in [-0.1, -0.05) is 18.2 Å². The lowest BCUT2D eigenvalue weighted by molar-refractivity contribution is 0.0571. The summed E-state index contributed by atoms with van der Waals surface area (Å²) in [5.74, 6) is -0.299. The van der Waals surface area contributed by atoms with Crippen LogP contribution in [0.1, 0.15) is 27.0 Å². The summed E-state index contributed by atoms with van der Waals surface area (Å²) in [5, 5.41) is 1.85. The SMILES string of the molecule is CCOC(=O)N1CCN(C(=O)c2ccccc2N(C)C(=O)c2cccs2)CC1. The number of benzene rings is 1. The van der Waals surface area contributed by atoms with Crippen LogP contribution in [-0.2, 0) is 4.74 Å². The highest BCUT2D eigenvalue weighted by Gasteiger charge is 2.28. The Bertz CT molecular complexity index is 845. The fourth-order valence-corrected chi connectivity index (χ4v) is 3.80. The second-order valence-electron chi connectivity index (χ2n) is 6.34. The lowest BCUT2D eigenvalue weighted by Gasteiger charge is -2.34. The third-order valence-electron chi connectivity index (χ3n) is 4.63. The fourth-order valence-electron chi connectivity index (χ4n) is 3.10. The molecule has 1 aliphatic heterocycles. The van der Waals surface area contributed by atoms with Crippen molar-refractivity contribution < 1.29 is 19.1 Å². The first-order chi connectivity index (χ1) is 13.5. The second-order valence-corrected chi connectivity index (χ2v) is 7.28. The van der Waals surface area contributed by atoms with Crippen LogP contribution in [0.5, 0.6) is 0 Å². The first-order valence-electron chi connectivity index (χ1n) is 9.14.